The maximum absolute atomic E-state index is 11.8. The van der Waals surface area contributed by atoms with Gasteiger partial charge in [-0.1, -0.05) is 6.07 Å². The molecular formula is C16H13N2O7-. The van der Waals surface area contributed by atoms with Crippen LogP contribution in [0.2, 0.25) is 0 Å². The smallest absolute Gasteiger partial charge is 0.273 e. The van der Waals surface area contributed by atoms with E-state index >= 15 is 0 Å². The van der Waals surface area contributed by atoms with Gasteiger partial charge in [0.25, 0.3) is 11.6 Å². The number of hydrogen-bond donors (Lipinski definition) is 1. The Morgan fingerprint density at radius 2 is 1.68 bits per heavy atom. The van der Waals surface area contributed by atoms with Crippen molar-refractivity contribution in [2.24, 2.45) is 0 Å². The molecule has 25 heavy (non-hydrogen) atoms. The van der Waals surface area contributed by atoms with Gasteiger partial charge in [0.15, 0.2) is 6.61 Å². The highest BCUT2D eigenvalue weighted by molar-refractivity contribution is 5.91. The van der Waals surface area contributed by atoms with Crippen molar-refractivity contribution in [1.82, 2.24) is 0 Å². The summed E-state index contributed by atoms with van der Waals surface area (Å²) in [5.41, 5.74) is 0.318. The van der Waals surface area contributed by atoms with Gasteiger partial charge in [-0.2, -0.15) is 0 Å². The number of nitrogens with zero attached hydrogens (tertiary/aromatic N) is 1. The number of nitro benzene ring substituents is 1. The Morgan fingerprint density at radius 1 is 1.00 bits per heavy atom. The van der Waals surface area contributed by atoms with Crippen molar-refractivity contribution in [3.8, 4) is 11.5 Å². The number of rotatable bonds is 8. The quantitative estimate of drug-likeness (QED) is 0.551. The van der Waals surface area contributed by atoms with Crippen molar-refractivity contribution < 1.29 is 29.1 Å². The predicted octanol–water partition coefficient (Wildman–Crippen LogP) is 0.741. The van der Waals surface area contributed by atoms with Gasteiger partial charge in [0.05, 0.1) is 17.0 Å². The Kier molecular flexibility index (Phi) is 5.88. The first-order valence-corrected chi connectivity index (χ1v) is 7.04. The molecule has 1 amide bonds. The van der Waals surface area contributed by atoms with Crippen LogP contribution in [0, 0.1) is 10.1 Å². The Hall–Kier alpha value is -3.62. The number of carboxylic acid groups (broad SMARTS) is 1. The molecule has 9 heteroatoms. The molecule has 0 heterocycles. The molecule has 0 aliphatic rings. The standard InChI is InChI=1S/C16H14N2O7/c19-15(9-24-14-3-1-2-12(8-14)18(22)23)17-11-4-6-13(7-5-11)25-10-16(20)21/h1-8H,9-10H2,(H,17,19)(H,20,21)/p-1. The fourth-order valence-electron chi connectivity index (χ4n) is 1.81. The van der Waals surface area contributed by atoms with E-state index in [9.17, 15) is 24.8 Å². The second-order valence-electron chi connectivity index (χ2n) is 4.78. The normalized spacial score (nSPS) is 9.92. The number of carbonyl (C=O) groups is 2. The van der Waals surface area contributed by atoms with E-state index in [1.165, 1.54) is 48.5 Å². The average Bonchev–Trinajstić information content (AvgIpc) is 2.59. The third-order valence-corrected chi connectivity index (χ3v) is 2.89. The number of ether oxygens (including phenoxy) is 2. The summed E-state index contributed by atoms with van der Waals surface area (Å²) in [6.07, 6.45) is 0. The number of amides is 1. The lowest BCUT2D eigenvalue weighted by molar-refractivity contribution is -0.384. The number of anilines is 1. The molecule has 0 spiro atoms. The fourth-order valence-corrected chi connectivity index (χ4v) is 1.81. The summed E-state index contributed by atoms with van der Waals surface area (Å²) >= 11 is 0. The number of nitro groups is 1. The first-order chi connectivity index (χ1) is 11.9. The minimum absolute atomic E-state index is 0.134. The number of nitrogens with one attached hydrogen (secondary N) is 1. The summed E-state index contributed by atoms with van der Waals surface area (Å²) in [5.74, 6) is -1.28. The lowest BCUT2D eigenvalue weighted by Crippen LogP contribution is -2.28. The van der Waals surface area contributed by atoms with Gasteiger partial charge in [-0.15, -0.1) is 0 Å². The minimum Gasteiger partial charge on any atom is -0.546 e. The van der Waals surface area contributed by atoms with Crippen LogP contribution >= 0.6 is 0 Å². The lowest BCUT2D eigenvalue weighted by atomic mass is 10.3. The summed E-state index contributed by atoms with van der Waals surface area (Å²) in [5, 5.41) is 23.5. The molecular weight excluding hydrogens is 332 g/mol. The van der Waals surface area contributed by atoms with E-state index in [1.807, 2.05) is 0 Å². The van der Waals surface area contributed by atoms with Gasteiger partial charge in [-0.05, 0) is 30.3 Å². The van der Waals surface area contributed by atoms with Gasteiger partial charge < -0.3 is 24.7 Å². The summed E-state index contributed by atoms with van der Waals surface area (Å²) in [6, 6.07) is 11.5. The third-order valence-electron chi connectivity index (χ3n) is 2.89. The minimum atomic E-state index is -1.34. The van der Waals surface area contributed by atoms with E-state index in [0.717, 1.165) is 0 Å². The molecule has 130 valence electrons. The van der Waals surface area contributed by atoms with E-state index in [0.29, 0.717) is 11.4 Å². The molecule has 0 saturated carbocycles. The monoisotopic (exact) mass is 345 g/mol. The fraction of sp³-hybridized carbons (Fsp3) is 0.125. The van der Waals surface area contributed by atoms with Crippen molar-refractivity contribution in [3.05, 3.63) is 58.6 Å². The van der Waals surface area contributed by atoms with Gasteiger partial charge in [-0.25, -0.2) is 0 Å². The van der Waals surface area contributed by atoms with Crippen LogP contribution < -0.4 is 19.9 Å². The number of hydrogen-bond acceptors (Lipinski definition) is 7. The van der Waals surface area contributed by atoms with Crippen LogP contribution in [0.25, 0.3) is 0 Å². The van der Waals surface area contributed by atoms with E-state index in [2.05, 4.69) is 5.32 Å². The zero-order chi connectivity index (χ0) is 18.2. The summed E-state index contributed by atoms with van der Waals surface area (Å²) in [6.45, 7) is -0.896. The summed E-state index contributed by atoms with van der Waals surface area (Å²) in [4.78, 5) is 32.2. The maximum atomic E-state index is 11.8. The van der Waals surface area contributed by atoms with Crippen LogP contribution in [0.5, 0.6) is 11.5 Å². The highest BCUT2D eigenvalue weighted by atomic mass is 16.6. The van der Waals surface area contributed by atoms with Gasteiger partial charge >= 0.3 is 0 Å². The molecule has 0 radical (unpaired) electrons. The number of non-ortho nitro benzene ring substituents is 1. The van der Waals surface area contributed by atoms with Gasteiger partial charge in [-0.3, -0.25) is 14.9 Å². The molecule has 2 aromatic carbocycles. The van der Waals surface area contributed by atoms with E-state index in [4.69, 9.17) is 9.47 Å². The van der Waals surface area contributed by atoms with Crippen LogP contribution in [0.1, 0.15) is 0 Å². The van der Waals surface area contributed by atoms with Crippen molar-refractivity contribution in [3.63, 3.8) is 0 Å². The molecule has 0 atom stereocenters. The Bertz CT molecular complexity index is 774. The third kappa shape index (κ3) is 5.82. The lowest BCUT2D eigenvalue weighted by Gasteiger charge is -2.09. The molecule has 9 nitrogen and oxygen atoms in total. The largest absolute Gasteiger partial charge is 0.546 e. The second kappa shape index (κ2) is 8.29. The van der Waals surface area contributed by atoms with Crippen molar-refractivity contribution in [1.29, 1.82) is 0 Å². The second-order valence-corrected chi connectivity index (χ2v) is 4.78. The van der Waals surface area contributed by atoms with Gasteiger partial charge in [0, 0.05) is 11.8 Å². The van der Waals surface area contributed by atoms with Crippen molar-refractivity contribution in [2.75, 3.05) is 18.5 Å². The van der Waals surface area contributed by atoms with E-state index < -0.39 is 23.4 Å². The summed E-state index contributed by atoms with van der Waals surface area (Å²) < 4.78 is 10.1. The molecule has 0 bridgehead atoms. The molecule has 2 rings (SSSR count). The molecule has 0 fully saturated rings. The predicted molar refractivity (Wildman–Crippen MR) is 84.2 cm³/mol. The molecule has 2 aromatic rings. The Labute approximate surface area is 141 Å². The van der Waals surface area contributed by atoms with Crippen LogP contribution in [0.15, 0.2) is 48.5 Å². The molecule has 0 aromatic heterocycles. The average molecular weight is 345 g/mol. The molecule has 0 saturated heterocycles. The van der Waals surface area contributed by atoms with Crippen LogP contribution in [-0.2, 0) is 9.59 Å². The maximum Gasteiger partial charge on any atom is 0.273 e. The highest BCUT2D eigenvalue weighted by Crippen LogP contribution is 2.19. The Morgan fingerprint density at radius 3 is 2.32 bits per heavy atom. The number of benzene rings is 2. The first-order valence-electron chi connectivity index (χ1n) is 7.04. The van der Waals surface area contributed by atoms with E-state index in [-0.39, 0.29) is 18.0 Å². The highest BCUT2D eigenvalue weighted by Gasteiger charge is 2.08. The van der Waals surface area contributed by atoms with Crippen molar-refractivity contribution >= 4 is 23.3 Å². The number of carbonyl (C=O) groups excluding carboxylic acids is 2. The van der Waals surface area contributed by atoms with Crippen LogP contribution in [0.3, 0.4) is 0 Å². The number of aliphatic carboxylic acids is 1. The zero-order valence-corrected chi connectivity index (χ0v) is 12.8. The van der Waals surface area contributed by atoms with Crippen molar-refractivity contribution in [2.45, 2.75) is 0 Å². The zero-order valence-electron chi connectivity index (χ0n) is 12.8. The van der Waals surface area contributed by atoms with E-state index in [1.54, 1.807) is 0 Å². The molecule has 0 aliphatic carbocycles. The Balaban J connectivity index is 1.84. The molecule has 0 unspecified atom stereocenters. The van der Waals surface area contributed by atoms with Crippen LogP contribution in [-0.4, -0.2) is 30.0 Å². The van der Waals surface area contributed by atoms with Crippen LogP contribution in [0.4, 0.5) is 11.4 Å². The molecule has 0 aliphatic heterocycles. The number of carboxylic acids is 1. The SMILES string of the molecule is O=C([O-])COc1ccc(NC(=O)COc2cccc([N+](=O)[O-])c2)cc1. The topological polar surface area (TPSA) is 131 Å². The van der Waals surface area contributed by atoms with Gasteiger partial charge in [0.2, 0.25) is 0 Å². The van der Waals surface area contributed by atoms with Gasteiger partial charge in [0.1, 0.15) is 18.1 Å². The summed E-state index contributed by atoms with van der Waals surface area (Å²) in [7, 11) is 0. The molecule has 1 N–H and O–H groups in total. The first kappa shape index (κ1) is 17.7.